The summed E-state index contributed by atoms with van der Waals surface area (Å²) in [6.45, 7) is 0. The molecule has 5 nitrogen and oxygen atoms in total. The largest absolute Gasteiger partial charge is 0.456 e. The minimum absolute atomic E-state index is 0.582. The minimum atomic E-state index is 0.582. The average Bonchev–Trinajstić information content (AvgIpc) is 3.97. The second-order valence-corrected chi connectivity index (χ2v) is 15.4. The zero-order valence-electron chi connectivity index (χ0n) is 30.3. The highest BCUT2D eigenvalue weighted by Gasteiger charge is 2.19. The Bertz CT molecular complexity index is 3530. The van der Waals surface area contributed by atoms with E-state index in [1.807, 2.05) is 72.0 Å². The number of para-hydroxylation sites is 2. The number of fused-ring (bicyclic) bond motifs is 9. The van der Waals surface area contributed by atoms with Gasteiger partial charge < -0.3 is 8.83 Å². The van der Waals surface area contributed by atoms with Crippen molar-refractivity contribution in [1.29, 1.82) is 0 Å². The Labute approximate surface area is 330 Å². The van der Waals surface area contributed by atoms with Crippen LogP contribution in [0.3, 0.4) is 0 Å². The number of thiophene rings is 1. The maximum Gasteiger partial charge on any atom is 0.164 e. The molecule has 0 saturated heterocycles. The van der Waals surface area contributed by atoms with Crippen LogP contribution in [0.15, 0.2) is 185 Å². The third-order valence-corrected chi connectivity index (χ3v) is 12.1. The fourth-order valence-electron chi connectivity index (χ4n) is 8.20. The van der Waals surface area contributed by atoms with Crippen molar-refractivity contribution in [3.05, 3.63) is 176 Å². The van der Waals surface area contributed by atoms with E-state index in [1.165, 1.54) is 25.7 Å². The highest BCUT2D eigenvalue weighted by molar-refractivity contribution is 7.25. The predicted molar refractivity (Wildman–Crippen MR) is 234 cm³/mol. The normalized spacial score (nSPS) is 11.9. The van der Waals surface area contributed by atoms with Crippen molar-refractivity contribution in [1.82, 2.24) is 15.0 Å². The monoisotopic (exact) mass is 747 g/mol. The van der Waals surface area contributed by atoms with Crippen LogP contribution in [-0.4, -0.2) is 15.0 Å². The summed E-state index contributed by atoms with van der Waals surface area (Å²) in [5.41, 5.74) is 10.4. The number of hydrogen-bond donors (Lipinski definition) is 0. The highest BCUT2D eigenvalue weighted by Crippen LogP contribution is 2.44. The topological polar surface area (TPSA) is 65.0 Å². The highest BCUT2D eigenvalue weighted by atomic mass is 32.1. The lowest BCUT2D eigenvalue weighted by atomic mass is 9.93. The molecular weight excluding hydrogens is 719 g/mol. The first-order valence-corrected chi connectivity index (χ1v) is 19.7. The van der Waals surface area contributed by atoms with Gasteiger partial charge in [-0.2, -0.15) is 0 Å². The third kappa shape index (κ3) is 5.19. The lowest BCUT2D eigenvalue weighted by molar-refractivity contribution is 0.669. The molecule has 0 N–H and O–H groups in total. The maximum atomic E-state index is 6.70. The summed E-state index contributed by atoms with van der Waals surface area (Å²) in [4.78, 5) is 15.0. The van der Waals surface area contributed by atoms with Crippen LogP contribution in [0.1, 0.15) is 0 Å². The van der Waals surface area contributed by atoms with Crippen molar-refractivity contribution in [3.8, 4) is 56.4 Å². The van der Waals surface area contributed by atoms with Gasteiger partial charge in [-0.3, -0.25) is 0 Å². The molecule has 0 amide bonds. The molecule has 0 aliphatic heterocycles. The fourth-order valence-corrected chi connectivity index (χ4v) is 9.29. The minimum Gasteiger partial charge on any atom is -0.456 e. The summed E-state index contributed by atoms with van der Waals surface area (Å²) in [6.07, 6.45) is 0. The van der Waals surface area contributed by atoms with Gasteiger partial charge in [0, 0.05) is 64.0 Å². The SMILES string of the molecule is c1ccc(-c2nc(-c3ccc(-c4ccc(-c5ccc6sc7ccccc7c6c5)c5c4oc4ccccc45)cc3)nc(-c3ccc4c(c3)oc3ccccc34)n2)cc1. The van der Waals surface area contributed by atoms with Crippen LogP contribution in [0.5, 0.6) is 0 Å². The number of rotatable bonds is 5. The second kappa shape index (κ2) is 12.6. The van der Waals surface area contributed by atoms with Crippen LogP contribution in [0.25, 0.3) is 120 Å². The van der Waals surface area contributed by atoms with Gasteiger partial charge >= 0.3 is 0 Å². The van der Waals surface area contributed by atoms with Gasteiger partial charge in [0.25, 0.3) is 0 Å². The third-order valence-electron chi connectivity index (χ3n) is 11.0. The van der Waals surface area contributed by atoms with Crippen molar-refractivity contribution in [3.63, 3.8) is 0 Å². The summed E-state index contributed by atoms with van der Waals surface area (Å²) in [5, 5.41) is 6.93. The van der Waals surface area contributed by atoms with Crippen molar-refractivity contribution in [2.75, 3.05) is 0 Å². The maximum absolute atomic E-state index is 6.70. The Kier molecular flexibility index (Phi) is 7.03. The first-order valence-electron chi connectivity index (χ1n) is 18.9. The summed E-state index contributed by atoms with van der Waals surface area (Å²) in [5.74, 6) is 1.78. The van der Waals surface area contributed by atoms with Crippen LogP contribution in [-0.2, 0) is 0 Å². The molecular formula is C51H29N3O2S. The number of furan rings is 2. The molecule has 0 saturated carbocycles. The first-order chi connectivity index (χ1) is 28.2. The molecule has 12 rings (SSSR count). The van der Waals surface area contributed by atoms with Crippen LogP contribution in [0.2, 0.25) is 0 Å². The van der Waals surface area contributed by atoms with Gasteiger partial charge in [0.15, 0.2) is 17.5 Å². The van der Waals surface area contributed by atoms with Crippen molar-refractivity contribution in [2.24, 2.45) is 0 Å². The van der Waals surface area contributed by atoms with Gasteiger partial charge in [-0.1, -0.05) is 127 Å². The zero-order valence-corrected chi connectivity index (χ0v) is 31.1. The molecule has 0 radical (unpaired) electrons. The van der Waals surface area contributed by atoms with E-state index in [1.54, 1.807) is 0 Å². The lowest BCUT2D eigenvalue weighted by Crippen LogP contribution is -2.00. The molecule has 6 heteroatoms. The van der Waals surface area contributed by atoms with E-state index < -0.39 is 0 Å². The van der Waals surface area contributed by atoms with Gasteiger partial charge in [-0.05, 0) is 65.2 Å². The Morgan fingerprint density at radius 2 is 0.895 bits per heavy atom. The molecule has 0 atom stereocenters. The molecule has 4 heterocycles. The molecule has 0 spiro atoms. The lowest BCUT2D eigenvalue weighted by Gasteiger charge is -2.11. The average molecular weight is 748 g/mol. The van der Waals surface area contributed by atoms with Crippen molar-refractivity contribution < 1.29 is 8.83 Å². The van der Waals surface area contributed by atoms with E-state index in [-0.39, 0.29) is 0 Å². The number of hydrogen-bond acceptors (Lipinski definition) is 6. The van der Waals surface area contributed by atoms with Crippen molar-refractivity contribution in [2.45, 2.75) is 0 Å². The Balaban J connectivity index is 0.973. The Hall–Kier alpha value is -7.41. The summed E-state index contributed by atoms with van der Waals surface area (Å²) >= 11 is 1.84. The summed E-state index contributed by atoms with van der Waals surface area (Å²) in [6, 6.07) is 61.0. The van der Waals surface area contributed by atoms with Crippen LogP contribution < -0.4 is 0 Å². The van der Waals surface area contributed by atoms with Crippen LogP contribution >= 0.6 is 11.3 Å². The molecule has 0 fully saturated rings. The molecule has 0 bridgehead atoms. The van der Waals surface area contributed by atoms with E-state index in [2.05, 4.69) is 115 Å². The molecule has 0 aliphatic rings. The molecule has 12 aromatic rings. The molecule has 266 valence electrons. The predicted octanol–water partition coefficient (Wildman–Crippen LogP) is 14.4. The van der Waals surface area contributed by atoms with Gasteiger partial charge in [0.05, 0.1) is 0 Å². The van der Waals surface area contributed by atoms with Gasteiger partial charge in [-0.25, -0.2) is 15.0 Å². The van der Waals surface area contributed by atoms with E-state index in [9.17, 15) is 0 Å². The molecule has 4 aromatic heterocycles. The first kappa shape index (κ1) is 31.9. The van der Waals surface area contributed by atoms with Gasteiger partial charge in [0.2, 0.25) is 0 Å². The smallest absolute Gasteiger partial charge is 0.164 e. The summed E-state index contributed by atoms with van der Waals surface area (Å²) in [7, 11) is 0. The number of aromatic nitrogens is 3. The van der Waals surface area contributed by atoms with E-state index in [0.29, 0.717) is 17.5 Å². The van der Waals surface area contributed by atoms with Crippen LogP contribution in [0, 0.1) is 0 Å². The fraction of sp³-hybridized carbons (Fsp3) is 0. The van der Waals surface area contributed by atoms with E-state index >= 15 is 0 Å². The number of benzene rings is 8. The van der Waals surface area contributed by atoms with E-state index in [0.717, 1.165) is 77.3 Å². The quantitative estimate of drug-likeness (QED) is 0.175. The summed E-state index contributed by atoms with van der Waals surface area (Å²) < 4.78 is 15.5. The van der Waals surface area contributed by atoms with Gasteiger partial charge in [-0.15, -0.1) is 11.3 Å². The van der Waals surface area contributed by atoms with Crippen LogP contribution in [0.4, 0.5) is 0 Å². The molecule has 0 unspecified atom stereocenters. The Morgan fingerprint density at radius 3 is 1.70 bits per heavy atom. The molecule has 8 aromatic carbocycles. The number of nitrogens with zero attached hydrogens (tertiary/aromatic N) is 3. The van der Waals surface area contributed by atoms with Gasteiger partial charge in [0.1, 0.15) is 22.3 Å². The van der Waals surface area contributed by atoms with Crippen molar-refractivity contribution >= 4 is 75.4 Å². The second-order valence-electron chi connectivity index (χ2n) is 14.3. The molecule has 0 aliphatic carbocycles. The molecule has 57 heavy (non-hydrogen) atoms. The zero-order chi connectivity index (χ0) is 37.5. The Morgan fingerprint density at radius 1 is 0.333 bits per heavy atom. The van der Waals surface area contributed by atoms with E-state index in [4.69, 9.17) is 23.8 Å². The standard InChI is InChI=1S/C51H29N3O2S/c1-2-10-31(11-3-1)49-52-50(54-51(53-49)34-22-24-38-37-12-4-7-15-42(37)55-44(38)29-34)32-20-18-30(19-21-32)36-26-25-35(47-40-14-5-8-16-43(40)56-48(36)47)33-23-27-46-41(28-33)39-13-6-9-17-45(39)57-46/h1-29H.